The lowest BCUT2D eigenvalue weighted by Crippen LogP contribution is -2.20. The molecule has 3 aromatic carbocycles. The second-order valence-electron chi connectivity index (χ2n) is 6.64. The molecule has 33 heavy (non-hydrogen) atoms. The number of hydrogen-bond acceptors (Lipinski definition) is 3. The molecule has 0 fully saturated rings. The highest BCUT2D eigenvalue weighted by Gasteiger charge is 2.37. The van der Waals surface area contributed by atoms with Crippen molar-refractivity contribution in [3.05, 3.63) is 83.4 Å². The molecule has 0 atom stereocenters. The Morgan fingerprint density at radius 1 is 0.758 bits per heavy atom. The van der Waals surface area contributed by atoms with E-state index in [1.165, 1.54) is 30.3 Å². The molecule has 0 heterocycles. The predicted molar refractivity (Wildman–Crippen MR) is 107 cm³/mol. The van der Waals surface area contributed by atoms with E-state index in [4.69, 9.17) is 10.00 Å². The maximum absolute atomic E-state index is 12.9. The third-order valence-corrected chi connectivity index (χ3v) is 4.16. The first-order chi connectivity index (χ1) is 15.4. The third-order valence-electron chi connectivity index (χ3n) is 4.16. The van der Waals surface area contributed by atoms with Crippen LogP contribution < -0.4 is 15.4 Å². The summed E-state index contributed by atoms with van der Waals surface area (Å²) >= 11 is 0. The van der Waals surface area contributed by atoms with Crippen molar-refractivity contribution in [2.75, 3.05) is 10.6 Å². The van der Waals surface area contributed by atoms with Gasteiger partial charge in [0, 0.05) is 11.4 Å². The summed E-state index contributed by atoms with van der Waals surface area (Å²) in [7, 11) is 0. The Hall–Kier alpha value is -4.20. The zero-order valence-corrected chi connectivity index (χ0v) is 16.4. The predicted octanol–water partition coefficient (Wildman–Crippen LogP) is 7.03. The smallest absolute Gasteiger partial charge is 0.416 e. The molecule has 0 aliphatic heterocycles. The van der Waals surface area contributed by atoms with Crippen molar-refractivity contribution in [1.82, 2.24) is 0 Å². The number of urea groups is 1. The molecular formula is C22H13F6N3O2. The van der Waals surface area contributed by atoms with Gasteiger partial charge in [-0.25, -0.2) is 4.79 Å². The maximum atomic E-state index is 12.9. The average Bonchev–Trinajstić information content (AvgIpc) is 2.74. The lowest BCUT2D eigenvalue weighted by molar-refractivity contribution is -0.143. The fourth-order valence-electron chi connectivity index (χ4n) is 2.69. The quantitative estimate of drug-likeness (QED) is 0.406. The molecule has 0 saturated heterocycles. The van der Waals surface area contributed by atoms with E-state index < -0.39 is 35.2 Å². The van der Waals surface area contributed by atoms with Gasteiger partial charge >= 0.3 is 18.4 Å². The summed E-state index contributed by atoms with van der Waals surface area (Å²) in [4.78, 5) is 12.1. The van der Waals surface area contributed by atoms with Gasteiger partial charge in [-0.1, -0.05) is 6.07 Å². The highest BCUT2D eigenvalue weighted by atomic mass is 19.4. The SMILES string of the molecule is N#Cc1cccc(Oc2ccc(NC(=O)Nc3cc(C(F)(F)F)cc(C(F)(F)F)c3)cc2)c1. The largest absolute Gasteiger partial charge is 0.457 e. The first kappa shape index (κ1) is 23.5. The van der Waals surface area contributed by atoms with Crippen molar-refractivity contribution in [3.8, 4) is 17.6 Å². The number of nitrogens with zero attached hydrogens (tertiary/aromatic N) is 1. The number of anilines is 2. The van der Waals surface area contributed by atoms with Crippen LogP contribution in [0.4, 0.5) is 42.5 Å². The fraction of sp³-hybridized carbons (Fsp3) is 0.0909. The number of amides is 2. The van der Waals surface area contributed by atoms with Crippen molar-refractivity contribution in [1.29, 1.82) is 5.26 Å². The zero-order valence-electron chi connectivity index (χ0n) is 16.4. The highest BCUT2D eigenvalue weighted by molar-refractivity contribution is 5.99. The molecule has 170 valence electrons. The van der Waals surface area contributed by atoms with Gasteiger partial charge in [0.1, 0.15) is 11.5 Å². The number of hydrogen-bond donors (Lipinski definition) is 2. The lowest BCUT2D eigenvalue weighted by Gasteiger charge is -2.15. The molecule has 3 rings (SSSR count). The Labute approximate surface area is 183 Å². The van der Waals surface area contributed by atoms with Gasteiger partial charge in [0.25, 0.3) is 0 Å². The van der Waals surface area contributed by atoms with Gasteiger partial charge in [-0.05, 0) is 60.7 Å². The number of carbonyl (C=O) groups is 1. The van der Waals surface area contributed by atoms with Crippen LogP contribution in [0.2, 0.25) is 0 Å². The molecule has 0 aromatic heterocycles. The van der Waals surface area contributed by atoms with Crippen LogP contribution >= 0.6 is 0 Å². The zero-order chi connectivity index (χ0) is 24.2. The van der Waals surface area contributed by atoms with E-state index in [0.29, 0.717) is 29.2 Å². The molecule has 0 bridgehead atoms. The van der Waals surface area contributed by atoms with Crippen LogP contribution in [-0.4, -0.2) is 6.03 Å². The second kappa shape index (κ2) is 9.12. The topological polar surface area (TPSA) is 74.1 Å². The highest BCUT2D eigenvalue weighted by Crippen LogP contribution is 2.37. The summed E-state index contributed by atoms with van der Waals surface area (Å²) in [5.41, 5.74) is -3.17. The van der Waals surface area contributed by atoms with Crippen LogP contribution in [0.1, 0.15) is 16.7 Å². The Kier molecular flexibility index (Phi) is 6.48. The van der Waals surface area contributed by atoms with Crippen molar-refractivity contribution in [2.24, 2.45) is 0 Å². The Morgan fingerprint density at radius 2 is 1.33 bits per heavy atom. The molecule has 2 amide bonds. The Morgan fingerprint density at radius 3 is 1.88 bits per heavy atom. The lowest BCUT2D eigenvalue weighted by atomic mass is 10.1. The molecule has 2 N–H and O–H groups in total. The molecule has 0 aliphatic rings. The van der Waals surface area contributed by atoms with Crippen LogP contribution in [0.5, 0.6) is 11.5 Å². The summed E-state index contributed by atoms with van der Waals surface area (Å²) in [5, 5.41) is 13.2. The summed E-state index contributed by atoms with van der Waals surface area (Å²) in [6.07, 6.45) is -10.1. The number of halogens is 6. The molecule has 0 radical (unpaired) electrons. The third kappa shape index (κ3) is 6.39. The molecule has 3 aromatic rings. The standard InChI is InChI=1S/C22H13F6N3O2/c23-21(24,25)14-9-15(22(26,27)28)11-17(10-14)31-20(32)30-16-4-6-18(7-5-16)33-19-3-1-2-13(8-19)12-29/h1-11H,(H2,30,31,32). The van der Waals surface area contributed by atoms with Crippen LogP contribution in [0.25, 0.3) is 0 Å². The minimum atomic E-state index is -5.03. The second-order valence-corrected chi connectivity index (χ2v) is 6.64. The molecule has 5 nitrogen and oxygen atoms in total. The van der Waals surface area contributed by atoms with Crippen molar-refractivity contribution in [3.63, 3.8) is 0 Å². The van der Waals surface area contributed by atoms with Crippen molar-refractivity contribution < 1.29 is 35.9 Å². The summed E-state index contributed by atoms with van der Waals surface area (Å²) in [6.45, 7) is 0. The Bertz CT molecular complexity index is 1170. The van der Waals surface area contributed by atoms with E-state index in [9.17, 15) is 31.1 Å². The molecule has 0 unspecified atom stereocenters. The number of carbonyl (C=O) groups excluding carboxylic acids is 1. The number of rotatable bonds is 4. The van der Waals surface area contributed by atoms with Crippen LogP contribution in [0.15, 0.2) is 66.7 Å². The summed E-state index contributed by atoms with van der Waals surface area (Å²) in [5.74, 6) is 0.765. The van der Waals surface area contributed by atoms with Gasteiger partial charge in [0.2, 0.25) is 0 Å². The van der Waals surface area contributed by atoms with Gasteiger partial charge in [0.15, 0.2) is 0 Å². The van der Waals surface area contributed by atoms with E-state index in [1.54, 1.807) is 18.2 Å². The Balaban J connectivity index is 1.70. The summed E-state index contributed by atoms with van der Waals surface area (Å²) in [6, 6.07) is 13.8. The van der Waals surface area contributed by atoms with E-state index >= 15 is 0 Å². The minimum absolute atomic E-state index is 0.0336. The monoisotopic (exact) mass is 465 g/mol. The summed E-state index contributed by atoms with van der Waals surface area (Å²) < 4.78 is 83.2. The molecule has 0 aliphatic carbocycles. The number of nitriles is 1. The van der Waals surface area contributed by atoms with E-state index in [-0.39, 0.29) is 11.8 Å². The van der Waals surface area contributed by atoms with Gasteiger partial charge in [0.05, 0.1) is 22.8 Å². The van der Waals surface area contributed by atoms with Crippen LogP contribution in [-0.2, 0) is 12.4 Å². The number of ether oxygens (including phenoxy) is 1. The molecular weight excluding hydrogens is 452 g/mol. The minimum Gasteiger partial charge on any atom is -0.457 e. The van der Waals surface area contributed by atoms with Crippen LogP contribution in [0.3, 0.4) is 0 Å². The average molecular weight is 465 g/mol. The van der Waals surface area contributed by atoms with Crippen LogP contribution in [0, 0.1) is 11.3 Å². The maximum Gasteiger partial charge on any atom is 0.416 e. The normalized spacial score (nSPS) is 11.4. The number of benzene rings is 3. The first-order valence-corrected chi connectivity index (χ1v) is 9.09. The van der Waals surface area contributed by atoms with Crippen molar-refractivity contribution >= 4 is 17.4 Å². The van der Waals surface area contributed by atoms with Gasteiger partial charge < -0.3 is 15.4 Å². The first-order valence-electron chi connectivity index (χ1n) is 9.09. The van der Waals surface area contributed by atoms with Crippen molar-refractivity contribution in [2.45, 2.75) is 12.4 Å². The van der Waals surface area contributed by atoms with E-state index in [1.807, 2.05) is 11.4 Å². The molecule has 0 spiro atoms. The molecule has 0 saturated carbocycles. The fourth-order valence-corrected chi connectivity index (χ4v) is 2.69. The number of alkyl halides is 6. The van der Waals surface area contributed by atoms with E-state index in [0.717, 1.165) is 0 Å². The van der Waals surface area contributed by atoms with Gasteiger partial charge in [-0.2, -0.15) is 31.6 Å². The van der Waals surface area contributed by atoms with Gasteiger partial charge in [-0.3, -0.25) is 0 Å². The number of nitrogens with one attached hydrogen (secondary N) is 2. The molecule has 11 heteroatoms. The van der Waals surface area contributed by atoms with Gasteiger partial charge in [-0.15, -0.1) is 0 Å². The van der Waals surface area contributed by atoms with E-state index in [2.05, 4.69) is 5.32 Å².